The highest BCUT2D eigenvalue weighted by atomic mass is 35.5. The van der Waals surface area contributed by atoms with Crippen molar-refractivity contribution in [2.75, 3.05) is 39.8 Å². The zero-order chi connectivity index (χ0) is 22.5. The van der Waals surface area contributed by atoms with E-state index < -0.39 is 5.97 Å². The van der Waals surface area contributed by atoms with Crippen molar-refractivity contribution in [3.05, 3.63) is 70.1 Å². The average Bonchev–Trinajstić information content (AvgIpc) is 3.48. The number of halogens is 2. The number of hydrogen-bond donors (Lipinski definition) is 0. The first-order valence-electron chi connectivity index (χ1n) is 10.4. The van der Waals surface area contributed by atoms with Crippen LogP contribution in [0.1, 0.15) is 25.8 Å². The highest BCUT2D eigenvalue weighted by molar-refractivity contribution is 7.12. The van der Waals surface area contributed by atoms with Crippen molar-refractivity contribution < 1.29 is 23.5 Å². The van der Waals surface area contributed by atoms with Gasteiger partial charge in [0.15, 0.2) is 5.78 Å². The summed E-state index contributed by atoms with van der Waals surface area (Å²) in [5, 5.41) is 1.80. The van der Waals surface area contributed by atoms with Crippen LogP contribution in [0.3, 0.4) is 0 Å². The van der Waals surface area contributed by atoms with E-state index in [1.165, 1.54) is 18.4 Å². The van der Waals surface area contributed by atoms with E-state index in [1.807, 2.05) is 35.2 Å². The maximum Gasteiger partial charge on any atom is 0.348 e. The van der Waals surface area contributed by atoms with E-state index in [2.05, 4.69) is 4.90 Å². The van der Waals surface area contributed by atoms with E-state index in [1.54, 1.807) is 23.6 Å². The number of ether oxygens (including phenoxy) is 1. The molecule has 3 aromatic rings. The van der Waals surface area contributed by atoms with Gasteiger partial charge in [0.25, 0.3) is 5.91 Å². The molecule has 34 heavy (non-hydrogen) atoms. The number of esters is 1. The van der Waals surface area contributed by atoms with E-state index >= 15 is 0 Å². The second kappa shape index (κ2) is 12.7. The second-order valence-electron chi connectivity index (χ2n) is 7.57. The summed E-state index contributed by atoms with van der Waals surface area (Å²) < 4.78 is 10.6. The average molecular weight is 525 g/mol. The molecule has 0 unspecified atom stereocenters. The van der Waals surface area contributed by atoms with Gasteiger partial charge in [-0.05, 0) is 35.7 Å². The number of rotatable bonds is 7. The van der Waals surface area contributed by atoms with Crippen molar-refractivity contribution in [1.82, 2.24) is 9.80 Å². The molecule has 0 radical (unpaired) electrons. The van der Waals surface area contributed by atoms with Gasteiger partial charge in [-0.15, -0.1) is 36.2 Å². The topological polar surface area (TPSA) is 80.1 Å². The molecule has 0 spiro atoms. The summed E-state index contributed by atoms with van der Waals surface area (Å²) in [6.07, 6.45) is 0.181. The van der Waals surface area contributed by atoms with Crippen LogP contribution in [0.25, 0.3) is 11.3 Å². The van der Waals surface area contributed by atoms with Gasteiger partial charge in [-0.25, -0.2) is 4.79 Å². The van der Waals surface area contributed by atoms with Crippen molar-refractivity contribution in [3.8, 4) is 11.3 Å². The maximum absolute atomic E-state index is 12.6. The Bertz CT molecular complexity index is 1110. The molecule has 1 fully saturated rings. The maximum atomic E-state index is 12.6. The van der Waals surface area contributed by atoms with Crippen molar-refractivity contribution in [3.63, 3.8) is 0 Å². The number of ketones is 1. The molecule has 0 atom stereocenters. The molecular formula is C24H26Cl2N2O5S. The molecule has 7 nitrogen and oxygen atoms in total. The van der Waals surface area contributed by atoms with Crippen LogP contribution in [0.4, 0.5) is 0 Å². The van der Waals surface area contributed by atoms with E-state index in [9.17, 15) is 14.4 Å². The number of nitrogens with zero attached hydrogens (tertiary/aromatic N) is 2. The van der Waals surface area contributed by atoms with E-state index in [0.717, 1.165) is 0 Å². The molecule has 1 aromatic carbocycles. The molecule has 1 amide bonds. The Morgan fingerprint density at radius 3 is 2.35 bits per heavy atom. The summed E-state index contributed by atoms with van der Waals surface area (Å²) in [4.78, 5) is 41.4. The predicted octanol–water partition coefficient (Wildman–Crippen LogP) is 4.21. The standard InChI is InChI=1S/C24H24N2O5S.2ClH/c1-30-24(29)22-20(9-14-32-22)21-8-7-19(31-21)15-18(27)16-25-10-12-26(13-11-25)23(28)17-5-3-2-4-6-17;;/h2-9,14H,10-13,15-16H2,1H3;2*1H. The van der Waals surface area contributed by atoms with Gasteiger partial charge in [0.05, 0.1) is 20.1 Å². The lowest BCUT2D eigenvalue weighted by molar-refractivity contribution is -0.120. The van der Waals surface area contributed by atoms with Crippen molar-refractivity contribution in [2.24, 2.45) is 0 Å². The SMILES string of the molecule is COC(=O)c1sccc1-c1ccc(CC(=O)CN2CCN(C(=O)c3ccccc3)CC2)o1.Cl.Cl. The van der Waals surface area contributed by atoms with Gasteiger partial charge < -0.3 is 14.1 Å². The van der Waals surface area contributed by atoms with E-state index in [0.29, 0.717) is 60.2 Å². The molecule has 0 N–H and O–H groups in total. The highest BCUT2D eigenvalue weighted by Gasteiger charge is 2.24. The van der Waals surface area contributed by atoms with E-state index in [4.69, 9.17) is 9.15 Å². The quantitative estimate of drug-likeness (QED) is 0.430. The van der Waals surface area contributed by atoms with E-state index in [-0.39, 0.29) is 42.9 Å². The van der Waals surface area contributed by atoms with Crippen LogP contribution in [0.15, 0.2) is 58.3 Å². The van der Waals surface area contributed by atoms with Crippen LogP contribution in [-0.2, 0) is 16.0 Å². The lowest BCUT2D eigenvalue weighted by Crippen LogP contribution is -2.50. The largest absolute Gasteiger partial charge is 0.465 e. The minimum Gasteiger partial charge on any atom is -0.465 e. The summed E-state index contributed by atoms with van der Waals surface area (Å²) >= 11 is 1.29. The molecule has 1 aliphatic rings. The van der Waals surface area contributed by atoms with Gasteiger partial charge in [0.2, 0.25) is 0 Å². The molecule has 3 heterocycles. The number of carbonyl (C=O) groups is 3. The Morgan fingerprint density at radius 2 is 1.68 bits per heavy atom. The van der Waals surface area contributed by atoms with Gasteiger partial charge in [-0.3, -0.25) is 14.5 Å². The minimum absolute atomic E-state index is 0. The van der Waals surface area contributed by atoms with Gasteiger partial charge in [0, 0.05) is 37.3 Å². The smallest absolute Gasteiger partial charge is 0.348 e. The van der Waals surface area contributed by atoms with Crippen LogP contribution in [-0.4, -0.2) is 67.3 Å². The fourth-order valence-corrected chi connectivity index (χ4v) is 4.56. The fourth-order valence-electron chi connectivity index (χ4n) is 3.74. The molecule has 0 saturated carbocycles. The number of Topliss-reactive ketones (excluding diaryl/α,β-unsaturated/α-hetero) is 1. The molecule has 0 aliphatic carbocycles. The Morgan fingerprint density at radius 1 is 0.971 bits per heavy atom. The highest BCUT2D eigenvalue weighted by Crippen LogP contribution is 2.30. The third kappa shape index (κ3) is 6.48. The van der Waals surface area contributed by atoms with Crippen LogP contribution in [0.2, 0.25) is 0 Å². The first-order chi connectivity index (χ1) is 15.5. The molecule has 4 rings (SSSR count). The van der Waals surface area contributed by atoms with Crippen LogP contribution >= 0.6 is 36.2 Å². The first-order valence-corrected chi connectivity index (χ1v) is 11.3. The van der Waals surface area contributed by atoms with Crippen molar-refractivity contribution in [2.45, 2.75) is 6.42 Å². The number of amides is 1. The monoisotopic (exact) mass is 524 g/mol. The Labute approximate surface area is 214 Å². The third-order valence-corrected chi connectivity index (χ3v) is 6.31. The molecule has 182 valence electrons. The molecule has 10 heteroatoms. The predicted molar refractivity (Wildman–Crippen MR) is 135 cm³/mol. The van der Waals surface area contributed by atoms with Crippen LogP contribution < -0.4 is 0 Å². The number of methoxy groups -OCH3 is 1. The summed E-state index contributed by atoms with van der Waals surface area (Å²) in [5.74, 6) is 0.771. The number of thiophene rings is 1. The second-order valence-corrected chi connectivity index (χ2v) is 8.49. The van der Waals surface area contributed by atoms with Crippen molar-refractivity contribution >= 4 is 53.8 Å². The summed E-state index contributed by atoms with van der Waals surface area (Å²) in [6, 6.07) is 14.6. The molecule has 1 saturated heterocycles. The summed E-state index contributed by atoms with van der Waals surface area (Å²) in [5.41, 5.74) is 1.35. The minimum atomic E-state index is -0.408. The fraction of sp³-hybridized carbons (Fsp3) is 0.292. The van der Waals surface area contributed by atoms with Gasteiger partial charge in [0.1, 0.15) is 16.4 Å². The zero-order valence-electron chi connectivity index (χ0n) is 18.6. The summed E-state index contributed by atoms with van der Waals surface area (Å²) in [7, 11) is 1.34. The zero-order valence-corrected chi connectivity index (χ0v) is 21.0. The molecule has 1 aliphatic heterocycles. The number of benzene rings is 1. The van der Waals surface area contributed by atoms with Gasteiger partial charge >= 0.3 is 5.97 Å². The number of furan rings is 1. The first kappa shape index (κ1) is 27.6. The number of piperazine rings is 1. The lowest BCUT2D eigenvalue weighted by Gasteiger charge is -2.34. The van der Waals surface area contributed by atoms with Gasteiger partial charge in [-0.2, -0.15) is 0 Å². The molecular weight excluding hydrogens is 499 g/mol. The third-order valence-electron chi connectivity index (χ3n) is 5.41. The number of hydrogen-bond acceptors (Lipinski definition) is 7. The Hall–Kier alpha value is -2.65. The lowest BCUT2D eigenvalue weighted by atomic mass is 10.1. The normalized spacial score (nSPS) is 13.5. The molecule has 0 bridgehead atoms. The van der Waals surface area contributed by atoms with Crippen molar-refractivity contribution in [1.29, 1.82) is 0 Å². The number of carbonyl (C=O) groups excluding carboxylic acids is 3. The van der Waals surface area contributed by atoms with Crippen LogP contribution in [0, 0.1) is 0 Å². The van der Waals surface area contributed by atoms with Gasteiger partial charge in [-0.1, -0.05) is 18.2 Å². The molecule has 2 aromatic heterocycles. The van der Waals surface area contributed by atoms with Crippen LogP contribution in [0.5, 0.6) is 0 Å². The Kier molecular flexibility index (Phi) is 10.3. The summed E-state index contributed by atoms with van der Waals surface area (Å²) in [6.45, 7) is 2.83. The Balaban J connectivity index is 0.00000204.